The number of nitrogens with zero attached hydrogens (tertiary/aromatic N) is 2. The minimum atomic E-state index is -0.273. The summed E-state index contributed by atoms with van der Waals surface area (Å²) in [6, 6.07) is 15.3. The van der Waals surface area contributed by atoms with Gasteiger partial charge < -0.3 is 19.8 Å². The van der Waals surface area contributed by atoms with Gasteiger partial charge in [0.25, 0.3) is 11.9 Å². The van der Waals surface area contributed by atoms with Gasteiger partial charge in [0.05, 0.1) is 0 Å². The minimum absolute atomic E-state index is 0.273. The number of nitrogens with one attached hydrogen (secondary N) is 2. The molecule has 1 amide bonds. The molecule has 0 saturated heterocycles. The maximum Gasteiger partial charge on any atom is 0.300 e. The minimum Gasteiger partial charge on any atom is -0.457 e. The lowest BCUT2D eigenvalue weighted by molar-refractivity contribution is 0.0958. The Kier molecular flexibility index (Phi) is 5.58. The fourth-order valence-corrected chi connectivity index (χ4v) is 3.35. The molecule has 2 heterocycles. The third-order valence-electron chi connectivity index (χ3n) is 4.94. The van der Waals surface area contributed by atoms with E-state index in [1.807, 2.05) is 6.07 Å². The van der Waals surface area contributed by atoms with Crippen molar-refractivity contribution in [3.63, 3.8) is 0 Å². The van der Waals surface area contributed by atoms with Crippen LogP contribution in [-0.4, -0.2) is 22.9 Å². The standard InChI is InChI=1S/C24H24N4O3/c1-14(2)19-11-16(6-5-15(19)3)27-24-28-20-12-17(7-8-22(20)31-24)30-18-9-10-26-21(13-18)23(29)25-4/h5-14H,1-4H3,(H,25,29)(H,27,28). The lowest BCUT2D eigenvalue weighted by Gasteiger charge is -2.11. The number of benzene rings is 2. The van der Waals surface area contributed by atoms with Crippen LogP contribution in [0.2, 0.25) is 0 Å². The fourth-order valence-electron chi connectivity index (χ4n) is 3.35. The number of hydrogen-bond acceptors (Lipinski definition) is 6. The van der Waals surface area contributed by atoms with Crippen molar-refractivity contribution in [3.05, 3.63) is 71.5 Å². The molecule has 0 atom stereocenters. The van der Waals surface area contributed by atoms with Crippen molar-refractivity contribution >= 4 is 28.7 Å². The zero-order valence-corrected chi connectivity index (χ0v) is 17.9. The van der Waals surface area contributed by atoms with Gasteiger partial charge in [-0.25, -0.2) is 0 Å². The molecule has 0 unspecified atom stereocenters. The number of fused-ring (bicyclic) bond motifs is 1. The first-order valence-electron chi connectivity index (χ1n) is 10.1. The molecule has 7 heteroatoms. The largest absolute Gasteiger partial charge is 0.457 e. The molecule has 158 valence electrons. The van der Waals surface area contributed by atoms with Crippen LogP contribution in [0.25, 0.3) is 11.1 Å². The number of oxazole rings is 1. The number of carbonyl (C=O) groups excluding carboxylic acids is 1. The van der Waals surface area contributed by atoms with Gasteiger partial charge in [0.15, 0.2) is 5.58 Å². The normalized spacial score (nSPS) is 11.0. The molecule has 4 aromatic rings. The summed E-state index contributed by atoms with van der Waals surface area (Å²) in [6.45, 7) is 6.46. The number of hydrogen-bond donors (Lipinski definition) is 2. The van der Waals surface area contributed by atoms with E-state index in [0.717, 1.165) is 5.69 Å². The topological polar surface area (TPSA) is 89.3 Å². The van der Waals surface area contributed by atoms with Crippen LogP contribution in [-0.2, 0) is 0 Å². The Bertz CT molecular complexity index is 1250. The molecule has 2 aromatic carbocycles. The molecular formula is C24H24N4O3. The molecule has 2 N–H and O–H groups in total. The van der Waals surface area contributed by atoms with Gasteiger partial charge in [-0.2, -0.15) is 4.98 Å². The molecule has 31 heavy (non-hydrogen) atoms. The van der Waals surface area contributed by atoms with E-state index in [1.54, 1.807) is 37.4 Å². The maximum atomic E-state index is 11.8. The summed E-state index contributed by atoms with van der Waals surface area (Å²) in [5.41, 5.74) is 5.06. The monoisotopic (exact) mass is 416 g/mol. The van der Waals surface area contributed by atoms with Crippen LogP contribution in [0.5, 0.6) is 11.5 Å². The van der Waals surface area contributed by atoms with Gasteiger partial charge in [0.2, 0.25) is 0 Å². The highest BCUT2D eigenvalue weighted by atomic mass is 16.5. The number of pyridine rings is 1. The summed E-state index contributed by atoms with van der Waals surface area (Å²) < 4.78 is 11.7. The summed E-state index contributed by atoms with van der Waals surface area (Å²) in [5, 5.41) is 5.79. The maximum absolute atomic E-state index is 11.8. The first-order valence-corrected chi connectivity index (χ1v) is 10.1. The van der Waals surface area contributed by atoms with E-state index in [9.17, 15) is 4.79 Å². The van der Waals surface area contributed by atoms with Crippen LogP contribution in [0.3, 0.4) is 0 Å². The first kappa shape index (κ1) is 20.4. The molecule has 4 rings (SSSR count). The highest BCUT2D eigenvalue weighted by Crippen LogP contribution is 2.29. The van der Waals surface area contributed by atoms with Gasteiger partial charge in [-0.3, -0.25) is 9.78 Å². The van der Waals surface area contributed by atoms with Crippen molar-refractivity contribution in [2.24, 2.45) is 0 Å². The van der Waals surface area contributed by atoms with E-state index >= 15 is 0 Å². The predicted molar refractivity (Wildman–Crippen MR) is 120 cm³/mol. The summed E-state index contributed by atoms with van der Waals surface area (Å²) in [5.74, 6) is 1.25. The van der Waals surface area contributed by atoms with Gasteiger partial charge in [0.1, 0.15) is 22.7 Å². The number of anilines is 2. The van der Waals surface area contributed by atoms with Gasteiger partial charge in [-0.05, 0) is 54.3 Å². The molecule has 0 fully saturated rings. The summed E-state index contributed by atoms with van der Waals surface area (Å²) in [6.07, 6.45) is 1.53. The summed E-state index contributed by atoms with van der Waals surface area (Å²) in [7, 11) is 1.56. The van der Waals surface area contributed by atoms with Crippen LogP contribution >= 0.6 is 0 Å². The van der Waals surface area contributed by atoms with Gasteiger partial charge in [0, 0.05) is 31.1 Å². The van der Waals surface area contributed by atoms with Crippen LogP contribution in [0.1, 0.15) is 41.4 Å². The molecular weight excluding hydrogens is 392 g/mol. The quantitative estimate of drug-likeness (QED) is 0.428. The van der Waals surface area contributed by atoms with Crippen LogP contribution in [0.15, 0.2) is 59.1 Å². The van der Waals surface area contributed by atoms with Crippen molar-refractivity contribution in [3.8, 4) is 11.5 Å². The van der Waals surface area contributed by atoms with Crippen molar-refractivity contribution in [2.45, 2.75) is 26.7 Å². The Morgan fingerprint density at radius 3 is 2.65 bits per heavy atom. The van der Waals surface area contributed by atoms with Gasteiger partial charge in [-0.15, -0.1) is 0 Å². The Morgan fingerprint density at radius 2 is 1.87 bits per heavy atom. The first-order chi connectivity index (χ1) is 14.9. The SMILES string of the molecule is CNC(=O)c1cc(Oc2ccc3oc(Nc4ccc(C)c(C(C)C)c4)nc3c2)ccn1. The Hall–Kier alpha value is -3.87. The van der Waals surface area contributed by atoms with Crippen molar-refractivity contribution in [1.29, 1.82) is 0 Å². The highest BCUT2D eigenvalue weighted by molar-refractivity contribution is 5.92. The number of carbonyl (C=O) groups is 1. The predicted octanol–water partition coefficient (Wildman–Crippen LogP) is 5.55. The average Bonchev–Trinajstić information content (AvgIpc) is 3.16. The van der Waals surface area contributed by atoms with Crippen molar-refractivity contribution in [1.82, 2.24) is 15.3 Å². The molecule has 0 bridgehead atoms. The van der Waals surface area contributed by atoms with Gasteiger partial charge >= 0.3 is 0 Å². The molecule has 0 spiro atoms. The van der Waals surface area contributed by atoms with Crippen molar-refractivity contribution in [2.75, 3.05) is 12.4 Å². The zero-order valence-electron chi connectivity index (χ0n) is 17.9. The highest BCUT2D eigenvalue weighted by Gasteiger charge is 2.11. The summed E-state index contributed by atoms with van der Waals surface area (Å²) >= 11 is 0. The smallest absolute Gasteiger partial charge is 0.300 e. The van der Waals surface area contributed by atoms with Crippen molar-refractivity contribution < 1.29 is 13.9 Å². The molecule has 0 radical (unpaired) electrons. The zero-order chi connectivity index (χ0) is 22.0. The second-order valence-electron chi connectivity index (χ2n) is 7.56. The van der Waals surface area contributed by atoms with E-state index in [-0.39, 0.29) is 11.6 Å². The number of ether oxygens (including phenoxy) is 1. The third-order valence-corrected chi connectivity index (χ3v) is 4.94. The average molecular weight is 416 g/mol. The van der Waals surface area contributed by atoms with Crippen LogP contribution in [0.4, 0.5) is 11.7 Å². The van der Waals surface area contributed by atoms with E-state index in [4.69, 9.17) is 9.15 Å². The Labute approximate surface area is 180 Å². The number of aryl methyl sites for hydroxylation is 1. The molecule has 7 nitrogen and oxygen atoms in total. The van der Waals surface area contributed by atoms with E-state index in [1.165, 1.54) is 17.3 Å². The lowest BCUT2D eigenvalue weighted by Crippen LogP contribution is -2.18. The lowest BCUT2D eigenvalue weighted by atomic mass is 9.97. The number of rotatable bonds is 6. The van der Waals surface area contributed by atoms with E-state index in [0.29, 0.717) is 34.5 Å². The number of amides is 1. The van der Waals surface area contributed by atoms with Crippen LogP contribution < -0.4 is 15.4 Å². The third kappa shape index (κ3) is 4.50. The second-order valence-corrected chi connectivity index (χ2v) is 7.56. The molecule has 0 aliphatic heterocycles. The number of aromatic nitrogens is 2. The van der Waals surface area contributed by atoms with E-state index in [2.05, 4.69) is 53.5 Å². The molecule has 0 aliphatic carbocycles. The molecule has 0 aliphatic rings. The van der Waals surface area contributed by atoms with Gasteiger partial charge in [-0.1, -0.05) is 19.9 Å². The second kappa shape index (κ2) is 8.47. The molecule has 0 saturated carbocycles. The summed E-state index contributed by atoms with van der Waals surface area (Å²) in [4.78, 5) is 20.3. The Morgan fingerprint density at radius 1 is 1.06 bits per heavy atom. The molecule has 2 aromatic heterocycles. The van der Waals surface area contributed by atoms with E-state index < -0.39 is 0 Å². The Balaban J connectivity index is 1.55. The fraction of sp³-hybridized carbons (Fsp3) is 0.208. The van der Waals surface area contributed by atoms with Crippen LogP contribution in [0, 0.1) is 6.92 Å².